The van der Waals surface area contributed by atoms with Crippen molar-refractivity contribution in [1.82, 2.24) is 15.5 Å². The number of hydrogen-bond donors (Lipinski definition) is 2. The van der Waals surface area contributed by atoms with Gasteiger partial charge in [0.1, 0.15) is 0 Å². The predicted octanol–water partition coefficient (Wildman–Crippen LogP) is 1.94. The van der Waals surface area contributed by atoms with Gasteiger partial charge in [0.05, 0.1) is 4.90 Å². The van der Waals surface area contributed by atoms with Crippen LogP contribution in [0.5, 0.6) is 0 Å². The zero-order valence-electron chi connectivity index (χ0n) is 16.0. The first-order valence-electron chi connectivity index (χ1n) is 8.84. The lowest BCUT2D eigenvalue weighted by Gasteiger charge is -2.18. The fraction of sp³-hybridized carbons (Fsp3) is 0.300. The van der Waals surface area contributed by atoms with Crippen LogP contribution in [0.3, 0.4) is 0 Å². The standard InChI is InChI=1S/C20H25N3O4S/c1-23(15-17-6-4-3-5-7-17)20(25)21-13-12-19(24)22-14-16-8-10-18(11-9-16)28(2,26)27/h3-11H,12-15H2,1-2H3,(H,21,25)(H,22,24). The number of benzene rings is 2. The van der Waals surface area contributed by atoms with E-state index in [9.17, 15) is 18.0 Å². The zero-order valence-corrected chi connectivity index (χ0v) is 16.8. The third-order valence-electron chi connectivity index (χ3n) is 4.08. The lowest BCUT2D eigenvalue weighted by atomic mass is 10.2. The van der Waals surface area contributed by atoms with Gasteiger partial charge in [0.15, 0.2) is 9.84 Å². The Balaban J connectivity index is 1.68. The molecule has 0 aliphatic rings. The summed E-state index contributed by atoms with van der Waals surface area (Å²) in [6.45, 7) is 1.02. The molecule has 0 saturated carbocycles. The molecule has 2 rings (SSSR count). The molecule has 0 spiro atoms. The van der Waals surface area contributed by atoms with Crippen LogP contribution in [0.4, 0.5) is 4.79 Å². The van der Waals surface area contributed by atoms with Gasteiger partial charge in [0.2, 0.25) is 5.91 Å². The lowest BCUT2D eigenvalue weighted by molar-refractivity contribution is -0.121. The Bertz CT molecular complexity index is 897. The summed E-state index contributed by atoms with van der Waals surface area (Å²) in [5.41, 5.74) is 1.83. The average Bonchev–Trinajstić information content (AvgIpc) is 2.66. The van der Waals surface area contributed by atoms with E-state index in [1.807, 2.05) is 30.3 Å². The maximum atomic E-state index is 12.1. The van der Waals surface area contributed by atoms with Gasteiger partial charge in [-0.3, -0.25) is 4.79 Å². The highest BCUT2D eigenvalue weighted by Gasteiger charge is 2.10. The number of carbonyl (C=O) groups is 2. The molecule has 0 aliphatic heterocycles. The third kappa shape index (κ3) is 7.03. The van der Waals surface area contributed by atoms with Crippen LogP contribution < -0.4 is 10.6 Å². The van der Waals surface area contributed by atoms with Crippen LogP contribution in [0.15, 0.2) is 59.5 Å². The molecule has 0 fully saturated rings. The average molecular weight is 404 g/mol. The van der Waals surface area contributed by atoms with E-state index in [0.29, 0.717) is 13.1 Å². The molecule has 7 nitrogen and oxygen atoms in total. The molecule has 0 aromatic heterocycles. The second-order valence-corrected chi connectivity index (χ2v) is 8.53. The molecule has 8 heteroatoms. The molecule has 0 heterocycles. The summed E-state index contributed by atoms with van der Waals surface area (Å²) in [4.78, 5) is 25.8. The van der Waals surface area contributed by atoms with E-state index in [-0.39, 0.29) is 29.8 Å². The quantitative estimate of drug-likeness (QED) is 0.704. The van der Waals surface area contributed by atoms with Crippen LogP contribution in [0, 0.1) is 0 Å². The molecule has 3 amide bonds. The van der Waals surface area contributed by atoms with E-state index in [4.69, 9.17) is 0 Å². The summed E-state index contributed by atoms with van der Waals surface area (Å²) in [5.74, 6) is -0.196. The normalized spacial score (nSPS) is 10.9. The molecule has 0 saturated heterocycles. The fourth-order valence-corrected chi connectivity index (χ4v) is 3.12. The molecular formula is C20H25N3O4S. The number of nitrogens with one attached hydrogen (secondary N) is 2. The lowest BCUT2D eigenvalue weighted by Crippen LogP contribution is -2.38. The Morgan fingerprint density at radius 3 is 2.18 bits per heavy atom. The van der Waals surface area contributed by atoms with Crippen molar-refractivity contribution in [1.29, 1.82) is 0 Å². The van der Waals surface area contributed by atoms with Crippen molar-refractivity contribution in [2.45, 2.75) is 24.4 Å². The summed E-state index contributed by atoms with van der Waals surface area (Å²) >= 11 is 0. The van der Waals surface area contributed by atoms with Gasteiger partial charge in [-0.2, -0.15) is 0 Å². The molecule has 0 radical (unpaired) electrons. The van der Waals surface area contributed by atoms with Crippen LogP contribution >= 0.6 is 0 Å². The number of urea groups is 1. The van der Waals surface area contributed by atoms with Crippen molar-refractivity contribution in [3.63, 3.8) is 0 Å². The Labute approximate surface area is 165 Å². The van der Waals surface area contributed by atoms with Crippen LogP contribution in [-0.2, 0) is 27.7 Å². The number of sulfone groups is 1. The van der Waals surface area contributed by atoms with Gasteiger partial charge < -0.3 is 15.5 Å². The molecule has 0 aliphatic carbocycles. The smallest absolute Gasteiger partial charge is 0.317 e. The highest BCUT2D eigenvalue weighted by atomic mass is 32.2. The summed E-state index contributed by atoms with van der Waals surface area (Å²) in [6.07, 6.45) is 1.31. The summed E-state index contributed by atoms with van der Waals surface area (Å²) < 4.78 is 22.9. The topological polar surface area (TPSA) is 95.6 Å². The van der Waals surface area contributed by atoms with Crippen LogP contribution in [0.25, 0.3) is 0 Å². The first kappa shape index (κ1) is 21.4. The van der Waals surface area contributed by atoms with Crippen LogP contribution in [0.1, 0.15) is 17.5 Å². The number of nitrogens with zero attached hydrogens (tertiary/aromatic N) is 1. The molecule has 0 unspecified atom stereocenters. The van der Waals surface area contributed by atoms with E-state index < -0.39 is 9.84 Å². The van der Waals surface area contributed by atoms with E-state index in [1.165, 1.54) is 12.1 Å². The minimum atomic E-state index is -3.23. The zero-order chi connectivity index (χ0) is 20.6. The highest BCUT2D eigenvalue weighted by molar-refractivity contribution is 7.90. The SMILES string of the molecule is CN(Cc1ccccc1)C(=O)NCCC(=O)NCc1ccc(S(C)(=O)=O)cc1. The number of hydrogen-bond acceptors (Lipinski definition) is 4. The van der Waals surface area contributed by atoms with Gasteiger partial charge in [0.25, 0.3) is 0 Å². The van der Waals surface area contributed by atoms with Crippen LogP contribution in [0.2, 0.25) is 0 Å². The molecule has 0 bridgehead atoms. The molecule has 0 atom stereocenters. The second kappa shape index (κ2) is 9.89. The van der Waals surface area contributed by atoms with Gasteiger partial charge in [-0.15, -0.1) is 0 Å². The Hall–Kier alpha value is -2.87. The van der Waals surface area contributed by atoms with Gasteiger partial charge in [0, 0.05) is 39.4 Å². The first-order chi connectivity index (χ1) is 13.3. The molecule has 150 valence electrons. The third-order valence-corrected chi connectivity index (χ3v) is 5.21. The molecular weight excluding hydrogens is 378 g/mol. The second-order valence-electron chi connectivity index (χ2n) is 6.52. The Morgan fingerprint density at radius 1 is 0.929 bits per heavy atom. The van der Waals surface area contributed by atoms with Crippen molar-refractivity contribution >= 4 is 21.8 Å². The largest absolute Gasteiger partial charge is 0.352 e. The highest BCUT2D eigenvalue weighted by Crippen LogP contribution is 2.10. The van der Waals surface area contributed by atoms with E-state index in [0.717, 1.165) is 17.4 Å². The van der Waals surface area contributed by atoms with Crippen molar-refractivity contribution in [3.8, 4) is 0 Å². The number of amides is 3. The van der Waals surface area contributed by atoms with Gasteiger partial charge in [-0.1, -0.05) is 42.5 Å². The maximum Gasteiger partial charge on any atom is 0.317 e. The van der Waals surface area contributed by atoms with Crippen molar-refractivity contribution in [2.24, 2.45) is 0 Å². The van der Waals surface area contributed by atoms with Crippen molar-refractivity contribution in [2.75, 3.05) is 19.8 Å². The summed E-state index contributed by atoms with van der Waals surface area (Å²) in [6, 6.07) is 15.8. The first-order valence-corrected chi connectivity index (χ1v) is 10.7. The van der Waals surface area contributed by atoms with Crippen molar-refractivity contribution < 1.29 is 18.0 Å². The van der Waals surface area contributed by atoms with Crippen molar-refractivity contribution in [3.05, 3.63) is 65.7 Å². The molecule has 2 N–H and O–H groups in total. The van der Waals surface area contributed by atoms with Gasteiger partial charge >= 0.3 is 6.03 Å². The van der Waals surface area contributed by atoms with Gasteiger partial charge in [-0.25, -0.2) is 13.2 Å². The van der Waals surface area contributed by atoms with Gasteiger partial charge in [-0.05, 0) is 23.3 Å². The molecule has 2 aromatic carbocycles. The Morgan fingerprint density at radius 2 is 1.57 bits per heavy atom. The van der Waals surface area contributed by atoms with E-state index in [2.05, 4.69) is 10.6 Å². The molecule has 2 aromatic rings. The Kier molecular flexibility index (Phi) is 7.57. The number of rotatable bonds is 8. The fourth-order valence-electron chi connectivity index (χ4n) is 2.49. The summed E-state index contributed by atoms with van der Waals surface area (Å²) in [5, 5.41) is 5.46. The minimum Gasteiger partial charge on any atom is -0.352 e. The van der Waals surface area contributed by atoms with E-state index in [1.54, 1.807) is 24.1 Å². The monoisotopic (exact) mass is 403 g/mol. The minimum absolute atomic E-state index is 0.159. The number of carbonyl (C=O) groups excluding carboxylic acids is 2. The van der Waals surface area contributed by atoms with Crippen LogP contribution in [-0.4, -0.2) is 45.1 Å². The predicted molar refractivity (Wildman–Crippen MR) is 107 cm³/mol. The van der Waals surface area contributed by atoms with E-state index >= 15 is 0 Å². The maximum absolute atomic E-state index is 12.1. The summed E-state index contributed by atoms with van der Waals surface area (Å²) in [7, 11) is -1.53. The molecule has 28 heavy (non-hydrogen) atoms.